The first-order valence-corrected chi connectivity index (χ1v) is 5.67. The van der Waals surface area contributed by atoms with E-state index < -0.39 is 12.2 Å². The number of halogens is 3. The van der Waals surface area contributed by atoms with E-state index in [0.717, 1.165) is 0 Å². The monoisotopic (exact) mass is 299 g/mol. The van der Waals surface area contributed by atoms with Crippen LogP contribution in [0.3, 0.4) is 0 Å². The van der Waals surface area contributed by atoms with Gasteiger partial charge in [-0.3, -0.25) is 4.98 Å². The summed E-state index contributed by atoms with van der Waals surface area (Å²) in [6.07, 6.45) is -0.687. The van der Waals surface area contributed by atoms with E-state index in [2.05, 4.69) is 20.9 Å². The summed E-state index contributed by atoms with van der Waals surface area (Å²) in [7, 11) is 0. The molecule has 1 heterocycles. The van der Waals surface area contributed by atoms with Crippen molar-refractivity contribution in [3.8, 4) is 0 Å². The summed E-state index contributed by atoms with van der Waals surface area (Å²) in [6.45, 7) is 0. The van der Waals surface area contributed by atoms with Gasteiger partial charge in [-0.2, -0.15) is 0 Å². The van der Waals surface area contributed by atoms with Gasteiger partial charge in [0, 0.05) is 11.5 Å². The molecule has 2 atom stereocenters. The van der Waals surface area contributed by atoms with Gasteiger partial charge < -0.3 is 10.2 Å². The first-order valence-electron chi connectivity index (χ1n) is 3.79. The lowest BCUT2D eigenvalue weighted by Crippen LogP contribution is -2.20. The second kappa shape index (κ2) is 5.28. The van der Waals surface area contributed by atoms with Gasteiger partial charge in [0.25, 0.3) is 0 Å². The Morgan fingerprint density at radius 3 is 2.57 bits per heavy atom. The van der Waals surface area contributed by atoms with Gasteiger partial charge in [-0.05, 0) is 6.07 Å². The molecule has 0 aliphatic carbocycles. The summed E-state index contributed by atoms with van der Waals surface area (Å²) in [5.74, 6) is 0. The minimum atomic E-state index is -1.11. The van der Waals surface area contributed by atoms with Crippen molar-refractivity contribution in [1.82, 2.24) is 4.98 Å². The highest BCUT2D eigenvalue weighted by Crippen LogP contribution is 2.26. The Bertz CT molecular complexity index is 324. The molecule has 2 N–H and O–H groups in total. The lowest BCUT2D eigenvalue weighted by molar-refractivity contribution is 0.0316. The number of aliphatic hydroxyl groups excluding tert-OH is 2. The molecule has 14 heavy (non-hydrogen) atoms. The number of nitrogens with zero attached hydrogens (tertiary/aromatic N) is 1. The van der Waals surface area contributed by atoms with Crippen molar-refractivity contribution in [1.29, 1.82) is 0 Å². The van der Waals surface area contributed by atoms with Crippen molar-refractivity contribution in [3.63, 3.8) is 0 Å². The molecule has 2 unspecified atom stereocenters. The van der Waals surface area contributed by atoms with Gasteiger partial charge >= 0.3 is 0 Å². The molecule has 1 rings (SSSR count). The van der Waals surface area contributed by atoms with E-state index in [-0.39, 0.29) is 16.0 Å². The normalized spacial score (nSPS) is 15.2. The fraction of sp³-hybridized carbons (Fsp3) is 0.375. The number of alkyl halides is 1. The van der Waals surface area contributed by atoms with Crippen molar-refractivity contribution in [2.75, 3.05) is 5.33 Å². The maximum absolute atomic E-state index is 9.59. The van der Waals surface area contributed by atoms with Crippen LogP contribution < -0.4 is 0 Å². The van der Waals surface area contributed by atoms with Crippen LogP contribution in [-0.2, 0) is 0 Å². The standard InChI is InChI=1S/C8H8BrCl2NO2/c9-2-6(13)8(14)7-5(11)1-4(10)3-12-7/h1,3,6,8,13-14H,2H2. The Kier molecular flexibility index (Phi) is 4.60. The molecule has 3 nitrogen and oxygen atoms in total. The minimum Gasteiger partial charge on any atom is -0.389 e. The van der Waals surface area contributed by atoms with Gasteiger partial charge in [0.05, 0.1) is 21.8 Å². The van der Waals surface area contributed by atoms with Crippen LogP contribution in [0.5, 0.6) is 0 Å². The van der Waals surface area contributed by atoms with Crippen LogP contribution in [0, 0.1) is 0 Å². The smallest absolute Gasteiger partial charge is 0.124 e. The molecule has 0 spiro atoms. The van der Waals surface area contributed by atoms with Crippen LogP contribution in [0.4, 0.5) is 0 Å². The molecule has 0 radical (unpaired) electrons. The second-order valence-electron chi connectivity index (χ2n) is 2.69. The zero-order chi connectivity index (χ0) is 10.7. The molecule has 1 aromatic rings. The van der Waals surface area contributed by atoms with Crippen molar-refractivity contribution < 1.29 is 10.2 Å². The lowest BCUT2D eigenvalue weighted by Gasteiger charge is -2.15. The predicted molar refractivity (Wildman–Crippen MR) is 59.0 cm³/mol. The number of hydrogen-bond acceptors (Lipinski definition) is 3. The number of aliphatic hydroxyl groups is 2. The Balaban J connectivity index is 2.95. The lowest BCUT2D eigenvalue weighted by atomic mass is 10.1. The molecular formula is C8H8BrCl2NO2. The summed E-state index contributed by atoms with van der Waals surface area (Å²) in [4.78, 5) is 3.85. The molecule has 78 valence electrons. The average Bonchev–Trinajstić information content (AvgIpc) is 2.15. The first kappa shape index (κ1) is 12.2. The number of pyridine rings is 1. The van der Waals surface area contributed by atoms with Gasteiger partial charge in [-0.15, -0.1) is 0 Å². The molecule has 0 aliphatic rings. The van der Waals surface area contributed by atoms with E-state index in [0.29, 0.717) is 5.02 Å². The quantitative estimate of drug-likeness (QED) is 0.841. The van der Waals surface area contributed by atoms with Crippen LogP contribution in [0.2, 0.25) is 10.0 Å². The van der Waals surface area contributed by atoms with Gasteiger partial charge in [0.15, 0.2) is 0 Å². The molecule has 0 aromatic carbocycles. The molecule has 6 heteroatoms. The molecular weight excluding hydrogens is 293 g/mol. The van der Waals surface area contributed by atoms with Gasteiger partial charge in [0.2, 0.25) is 0 Å². The fourth-order valence-corrected chi connectivity index (χ4v) is 1.76. The Labute approximate surface area is 99.8 Å². The summed E-state index contributed by atoms with van der Waals surface area (Å²) in [6, 6.07) is 1.47. The predicted octanol–water partition coefficient (Wildman–Crippen LogP) is 2.18. The van der Waals surface area contributed by atoms with Crippen LogP contribution in [-0.4, -0.2) is 26.6 Å². The largest absolute Gasteiger partial charge is 0.389 e. The minimum absolute atomic E-state index is 0.225. The van der Waals surface area contributed by atoms with E-state index in [4.69, 9.17) is 23.2 Å². The highest BCUT2D eigenvalue weighted by atomic mass is 79.9. The summed E-state index contributed by atoms with van der Waals surface area (Å²) in [5.41, 5.74) is 0.225. The van der Waals surface area contributed by atoms with Crippen LogP contribution in [0.15, 0.2) is 12.3 Å². The highest BCUT2D eigenvalue weighted by Gasteiger charge is 2.21. The topological polar surface area (TPSA) is 53.4 Å². The summed E-state index contributed by atoms with van der Waals surface area (Å²) < 4.78 is 0. The summed E-state index contributed by atoms with van der Waals surface area (Å²) >= 11 is 14.5. The van der Waals surface area contributed by atoms with Crippen molar-refractivity contribution >= 4 is 39.1 Å². The molecule has 1 aromatic heterocycles. The van der Waals surface area contributed by atoms with Crippen LogP contribution in [0.1, 0.15) is 11.8 Å². The third kappa shape index (κ3) is 2.81. The molecule has 0 aliphatic heterocycles. The molecule has 0 fully saturated rings. The van der Waals surface area contributed by atoms with Crippen LogP contribution in [0.25, 0.3) is 0 Å². The average molecular weight is 301 g/mol. The zero-order valence-electron chi connectivity index (χ0n) is 6.99. The number of aromatic nitrogens is 1. The van der Waals surface area contributed by atoms with E-state index in [1.165, 1.54) is 12.3 Å². The molecule has 0 saturated heterocycles. The fourth-order valence-electron chi connectivity index (χ4n) is 0.909. The van der Waals surface area contributed by atoms with Crippen molar-refractivity contribution in [2.24, 2.45) is 0 Å². The van der Waals surface area contributed by atoms with Crippen LogP contribution >= 0.6 is 39.1 Å². The highest BCUT2D eigenvalue weighted by molar-refractivity contribution is 9.09. The molecule has 0 saturated carbocycles. The van der Waals surface area contributed by atoms with Gasteiger partial charge in [-0.25, -0.2) is 0 Å². The Hall–Kier alpha value is 0.130. The summed E-state index contributed by atoms with van der Waals surface area (Å²) in [5, 5.41) is 19.8. The maximum Gasteiger partial charge on any atom is 0.124 e. The first-order chi connectivity index (χ1) is 6.56. The number of rotatable bonds is 3. The Morgan fingerprint density at radius 1 is 1.43 bits per heavy atom. The third-order valence-electron chi connectivity index (χ3n) is 1.64. The molecule has 0 amide bonds. The van der Waals surface area contributed by atoms with E-state index in [9.17, 15) is 10.2 Å². The van der Waals surface area contributed by atoms with E-state index in [1.54, 1.807) is 0 Å². The van der Waals surface area contributed by atoms with E-state index in [1.807, 2.05) is 0 Å². The van der Waals surface area contributed by atoms with Gasteiger partial charge in [0.1, 0.15) is 6.10 Å². The maximum atomic E-state index is 9.59. The zero-order valence-corrected chi connectivity index (χ0v) is 10.1. The number of hydrogen-bond donors (Lipinski definition) is 2. The molecule has 0 bridgehead atoms. The second-order valence-corrected chi connectivity index (χ2v) is 4.18. The third-order valence-corrected chi connectivity index (χ3v) is 2.81. The SMILES string of the molecule is OC(CBr)C(O)c1ncc(Cl)cc1Cl. The van der Waals surface area contributed by atoms with Crippen molar-refractivity contribution in [3.05, 3.63) is 28.0 Å². The van der Waals surface area contributed by atoms with Crippen molar-refractivity contribution in [2.45, 2.75) is 12.2 Å². The van der Waals surface area contributed by atoms with E-state index >= 15 is 0 Å². The van der Waals surface area contributed by atoms with Gasteiger partial charge in [-0.1, -0.05) is 39.1 Å². The Morgan fingerprint density at radius 2 is 2.07 bits per heavy atom.